The van der Waals surface area contributed by atoms with Crippen LogP contribution in [0.2, 0.25) is 0 Å². The van der Waals surface area contributed by atoms with E-state index in [1.54, 1.807) is 0 Å². The highest BCUT2D eigenvalue weighted by atomic mass is 16.5. The maximum atomic E-state index is 12.1. The molecule has 0 radical (unpaired) electrons. The van der Waals surface area contributed by atoms with Gasteiger partial charge in [0.1, 0.15) is 11.1 Å². The van der Waals surface area contributed by atoms with Crippen molar-refractivity contribution in [3.63, 3.8) is 0 Å². The molecule has 2 aromatic heterocycles. The molecule has 108 valence electrons. The molecule has 0 unspecified atom stereocenters. The van der Waals surface area contributed by atoms with Crippen LogP contribution in [0.3, 0.4) is 0 Å². The summed E-state index contributed by atoms with van der Waals surface area (Å²) >= 11 is 0. The predicted octanol–water partition coefficient (Wildman–Crippen LogP) is 3.21. The second kappa shape index (κ2) is 4.46. The highest BCUT2D eigenvalue weighted by molar-refractivity contribution is 6.18. The minimum atomic E-state index is -0.699. The van der Waals surface area contributed by atoms with Crippen molar-refractivity contribution in [2.75, 3.05) is 7.11 Å². The van der Waals surface area contributed by atoms with E-state index in [-0.39, 0.29) is 5.56 Å². The van der Waals surface area contributed by atoms with Gasteiger partial charge in [0.15, 0.2) is 0 Å². The Morgan fingerprint density at radius 2 is 1.95 bits per heavy atom. The number of fused-ring (bicyclic) bond motifs is 5. The zero-order valence-electron chi connectivity index (χ0n) is 11.7. The van der Waals surface area contributed by atoms with Crippen LogP contribution in [-0.2, 0) is 4.74 Å². The standard InChI is InChI=1S/C17H11NO4/c1-21-16(19)11-8-9-6-7-13-14(15(9)22-17(11)20)10-4-2-3-5-12(10)18-13/h2-8,18H,1H3. The maximum absolute atomic E-state index is 12.1. The molecule has 0 fully saturated rings. The van der Waals surface area contributed by atoms with Gasteiger partial charge in [0.2, 0.25) is 0 Å². The third kappa shape index (κ3) is 1.65. The Bertz CT molecular complexity index is 1100. The van der Waals surface area contributed by atoms with Crippen LogP contribution in [0.1, 0.15) is 10.4 Å². The SMILES string of the molecule is COC(=O)c1cc2ccc3[nH]c4ccccc4c3c2oc1=O. The molecule has 0 aliphatic heterocycles. The average molecular weight is 293 g/mol. The quantitative estimate of drug-likeness (QED) is 0.432. The number of aromatic nitrogens is 1. The molecule has 0 atom stereocenters. The van der Waals surface area contributed by atoms with E-state index >= 15 is 0 Å². The lowest BCUT2D eigenvalue weighted by atomic mass is 10.1. The molecule has 0 saturated carbocycles. The van der Waals surface area contributed by atoms with Gasteiger partial charge in [-0.1, -0.05) is 18.2 Å². The predicted molar refractivity (Wildman–Crippen MR) is 83.2 cm³/mol. The smallest absolute Gasteiger partial charge is 0.351 e. The average Bonchev–Trinajstić information content (AvgIpc) is 2.92. The number of hydrogen-bond donors (Lipinski definition) is 1. The zero-order chi connectivity index (χ0) is 15.3. The first kappa shape index (κ1) is 12.6. The van der Waals surface area contributed by atoms with Gasteiger partial charge in [-0.15, -0.1) is 0 Å². The first-order valence-electron chi connectivity index (χ1n) is 6.74. The Hall–Kier alpha value is -3.08. The van der Waals surface area contributed by atoms with E-state index in [0.29, 0.717) is 11.0 Å². The highest BCUT2D eigenvalue weighted by Crippen LogP contribution is 2.31. The van der Waals surface area contributed by atoms with Crippen molar-refractivity contribution in [1.82, 2.24) is 4.98 Å². The van der Waals surface area contributed by atoms with Crippen LogP contribution in [0.5, 0.6) is 0 Å². The first-order chi connectivity index (χ1) is 10.7. The van der Waals surface area contributed by atoms with Gasteiger partial charge in [-0.25, -0.2) is 9.59 Å². The molecule has 0 bridgehead atoms. The van der Waals surface area contributed by atoms with Gasteiger partial charge in [-0.2, -0.15) is 0 Å². The number of para-hydroxylation sites is 1. The second-order valence-corrected chi connectivity index (χ2v) is 5.02. The summed E-state index contributed by atoms with van der Waals surface area (Å²) in [5, 5.41) is 2.48. The molecule has 1 N–H and O–H groups in total. The fraction of sp³-hybridized carbons (Fsp3) is 0.0588. The van der Waals surface area contributed by atoms with Crippen LogP contribution in [0, 0.1) is 0 Å². The third-order valence-corrected chi connectivity index (χ3v) is 3.77. The molecule has 0 saturated heterocycles. The normalized spacial score (nSPS) is 11.3. The van der Waals surface area contributed by atoms with Gasteiger partial charge < -0.3 is 14.1 Å². The highest BCUT2D eigenvalue weighted by Gasteiger charge is 2.16. The second-order valence-electron chi connectivity index (χ2n) is 5.02. The molecule has 0 aliphatic carbocycles. The van der Waals surface area contributed by atoms with Gasteiger partial charge in [0.25, 0.3) is 0 Å². The first-order valence-corrected chi connectivity index (χ1v) is 6.74. The monoisotopic (exact) mass is 293 g/mol. The molecule has 2 heterocycles. The number of rotatable bonds is 1. The summed E-state index contributed by atoms with van der Waals surface area (Å²) in [6.07, 6.45) is 0. The van der Waals surface area contributed by atoms with E-state index in [4.69, 9.17) is 4.42 Å². The Morgan fingerprint density at radius 3 is 2.77 bits per heavy atom. The van der Waals surface area contributed by atoms with Gasteiger partial charge >= 0.3 is 11.6 Å². The van der Waals surface area contributed by atoms with Crippen molar-refractivity contribution in [3.8, 4) is 0 Å². The Labute approximate surface area is 124 Å². The summed E-state index contributed by atoms with van der Waals surface area (Å²) in [7, 11) is 1.23. The summed E-state index contributed by atoms with van der Waals surface area (Å²) in [5.74, 6) is -0.699. The van der Waals surface area contributed by atoms with Crippen molar-refractivity contribution in [2.24, 2.45) is 0 Å². The van der Waals surface area contributed by atoms with Crippen molar-refractivity contribution in [3.05, 3.63) is 58.4 Å². The molecule has 4 rings (SSSR count). The van der Waals surface area contributed by atoms with Gasteiger partial charge in [0, 0.05) is 16.3 Å². The van der Waals surface area contributed by atoms with Crippen LogP contribution in [0.4, 0.5) is 0 Å². The lowest BCUT2D eigenvalue weighted by Gasteiger charge is -2.02. The molecule has 0 spiro atoms. The van der Waals surface area contributed by atoms with Crippen molar-refractivity contribution in [1.29, 1.82) is 0 Å². The number of benzene rings is 2. The zero-order valence-corrected chi connectivity index (χ0v) is 11.7. The van der Waals surface area contributed by atoms with Crippen LogP contribution >= 0.6 is 0 Å². The topological polar surface area (TPSA) is 72.3 Å². The Morgan fingerprint density at radius 1 is 1.14 bits per heavy atom. The minimum Gasteiger partial charge on any atom is -0.465 e. The van der Waals surface area contributed by atoms with Crippen LogP contribution in [-0.4, -0.2) is 18.1 Å². The lowest BCUT2D eigenvalue weighted by molar-refractivity contribution is 0.0596. The van der Waals surface area contributed by atoms with Crippen LogP contribution < -0.4 is 5.63 Å². The minimum absolute atomic E-state index is 0.103. The van der Waals surface area contributed by atoms with Crippen molar-refractivity contribution in [2.45, 2.75) is 0 Å². The van der Waals surface area contributed by atoms with E-state index in [0.717, 1.165) is 21.8 Å². The van der Waals surface area contributed by atoms with Gasteiger partial charge in [-0.05, 0) is 24.3 Å². The van der Waals surface area contributed by atoms with E-state index in [9.17, 15) is 9.59 Å². The molecular formula is C17H11NO4. The molecule has 4 aromatic rings. The number of methoxy groups -OCH3 is 1. The summed E-state index contributed by atoms with van der Waals surface area (Å²) in [4.78, 5) is 27.0. The molecule has 0 aliphatic rings. The van der Waals surface area contributed by atoms with Crippen LogP contribution in [0.25, 0.3) is 32.8 Å². The van der Waals surface area contributed by atoms with Crippen molar-refractivity contribution >= 4 is 38.7 Å². The number of carbonyl (C=O) groups excluding carboxylic acids is 1. The fourth-order valence-corrected chi connectivity index (χ4v) is 2.76. The van der Waals surface area contributed by atoms with Gasteiger partial charge in [0.05, 0.1) is 18.0 Å². The third-order valence-electron chi connectivity index (χ3n) is 3.77. The number of aromatic amines is 1. The molecular weight excluding hydrogens is 282 g/mol. The fourth-order valence-electron chi connectivity index (χ4n) is 2.76. The number of H-pyrrole nitrogens is 1. The van der Waals surface area contributed by atoms with E-state index < -0.39 is 11.6 Å². The summed E-state index contributed by atoms with van der Waals surface area (Å²) < 4.78 is 10.0. The maximum Gasteiger partial charge on any atom is 0.351 e. The number of ether oxygens (including phenoxy) is 1. The van der Waals surface area contributed by atoms with Crippen LogP contribution in [0.15, 0.2) is 51.7 Å². The Kier molecular flexibility index (Phi) is 2.56. The number of nitrogens with one attached hydrogen (secondary N) is 1. The van der Waals surface area contributed by atoms with E-state index in [1.165, 1.54) is 13.2 Å². The number of esters is 1. The van der Waals surface area contributed by atoms with E-state index in [2.05, 4.69) is 9.72 Å². The summed E-state index contributed by atoms with van der Waals surface area (Å²) in [6, 6.07) is 13.0. The van der Waals surface area contributed by atoms with Crippen molar-refractivity contribution < 1.29 is 13.9 Å². The molecule has 5 heteroatoms. The molecule has 22 heavy (non-hydrogen) atoms. The molecule has 5 nitrogen and oxygen atoms in total. The Balaban J connectivity index is 2.18. The summed E-state index contributed by atoms with van der Waals surface area (Å²) in [5.41, 5.74) is 1.51. The lowest BCUT2D eigenvalue weighted by Crippen LogP contribution is -2.14. The summed E-state index contributed by atoms with van der Waals surface area (Å²) in [6.45, 7) is 0. The molecule has 0 amide bonds. The number of hydrogen-bond acceptors (Lipinski definition) is 4. The molecule has 2 aromatic carbocycles. The van der Waals surface area contributed by atoms with E-state index in [1.807, 2.05) is 36.4 Å². The van der Waals surface area contributed by atoms with Gasteiger partial charge in [-0.3, -0.25) is 0 Å². The largest absolute Gasteiger partial charge is 0.465 e. The number of carbonyl (C=O) groups is 1.